The molecule has 2 aliphatic carbocycles. The second-order valence-corrected chi connectivity index (χ2v) is 13.6. The van der Waals surface area contributed by atoms with Gasteiger partial charge in [0.1, 0.15) is 6.61 Å². The third-order valence-electron chi connectivity index (χ3n) is 8.78. The molecule has 6 heteroatoms. The summed E-state index contributed by atoms with van der Waals surface area (Å²) in [6.07, 6.45) is 7.49. The van der Waals surface area contributed by atoms with Gasteiger partial charge in [0.2, 0.25) is 0 Å². The molecule has 180 valence electrons. The van der Waals surface area contributed by atoms with Crippen LogP contribution in [0.5, 0.6) is 0 Å². The number of hydrogen-bond donors (Lipinski definition) is 0. The Kier molecular flexibility index (Phi) is 6.12. The Morgan fingerprint density at radius 3 is 2.76 bits per heavy atom. The number of cyclic esters (lactones) is 1. The van der Waals surface area contributed by atoms with Gasteiger partial charge in [-0.15, -0.1) is 23.1 Å². The topological polar surface area (TPSA) is 44.8 Å². The summed E-state index contributed by atoms with van der Waals surface area (Å²) >= 11 is 3.55. The van der Waals surface area contributed by atoms with Crippen LogP contribution in [0, 0.1) is 22.7 Å². The lowest BCUT2D eigenvalue weighted by molar-refractivity contribution is -0.344. The molecule has 3 fully saturated rings. The summed E-state index contributed by atoms with van der Waals surface area (Å²) in [6.45, 7) is 14.6. The van der Waals surface area contributed by atoms with E-state index in [1.54, 1.807) is 11.3 Å². The largest absolute Gasteiger partial charge is 0.458 e. The molecule has 0 spiro atoms. The Balaban J connectivity index is 1.44. The summed E-state index contributed by atoms with van der Waals surface area (Å²) in [7, 11) is 0. The van der Waals surface area contributed by atoms with Crippen LogP contribution in [0.4, 0.5) is 0 Å². The number of esters is 1. The maximum Gasteiger partial charge on any atom is 0.335 e. The molecular weight excluding hydrogens is 452 g/mol. The molecule has 4 nitrogen and oxygen atoms in total. The van der Waals surface area contributed by atoms with Gasteiger partial charge in [-0.25, -0.2) is 4.79 Å². The Labute approximate surface area is 206 Å². The Morgan fingerprint density at radius 1 is 1.24 bits per heavy atom. The standard InChI is InChI=1S/C27H36O4S2/c1-17-8-9-21-26(4,12-10-22-27(21,5)16-30-25(2,3)31-22)19(17)15-20(18-11-13-29-24(18)28)33-23-7-6-14-32-23/h6-7,11,14,19-22H,1,8-10,12-13,15-16H2,2-5H3/t19-,20+,21+,22-,26+,27+/m1/s1. The SMILES string of the molecule is C=C1CC[C@@H]2[C@]3(C)COC(C)(C)O[C@@H]3CC[C@@]2(C)[C@@H]1C[C@H](Sc1cccs1)C1=CCOC1=O. The lowest BCUT2D eigenvalue weighted by Gasteiger charge is -2.63. The van der Waals surface area contributed by atoms with Crippen molar-refractivity contribution < 1.29 is 19.0 Å². The van der Waals surface area contributed by atoms with Crippen LogP contribution in [0.25, 0.3) is 0 Å². The van der Waals surface area contributed by atoms with Gasteiger partial charge in [-0.2, -0.15) is 0 Å². The van der Waals surface area contributed by atoms with Crippen molar-refractivity contribution in [2.24, 2.45) is 22.7 Å². The predicted octanol–water partition coefficient (Wildman–Crippen LogP) is 6.62. The third-order valence-corrected chi connectivity index (χ3v) is 11.1. The van der Waals surface area contributed by atoms with Crippen molar-refractivity contribution in [3.63, 3.8) is 0 Å². The number of thioether (sulfide) groups is 1. The maximum absolute atomic E-state index is 12.6. The zero-order chi connectivity index (χ0) is 23.4. The summed E-state index contributed by atoms with van der Waals surface area (Å²) < 4.78 is 19.3. The molecule has 2 aliphatic heterocycles. The fourth-order valence-electron chi connectivity index (χ4n) is 7.06. The molecule has 0 bridgehead atoms. The molecule has 6 atom stereocenters. The van der Waals surface area contributed by atoms with Gasteiger partial charge in [0, 0.05) is 16.2 Å². The van der Waals surface area contributed by atoms with E-state index in [0.29, 0.717) is 18.4 Å². The van der Waals surface area contributed by atoms with Crippen molar-refractivity contribution in [2.75, 3.05) is 13.2 Å². The van der Waals surface area contributed by atoms with Crippen LogP contribution in [0.3, 0.4) is 0 Å². The molecule has 33 heavy (non-hydrogen) atoms. The smallest absolute Gasteiger partial charge is 0.335 e. The molecular formula is C27H36O4S2. The molecule has 2 saturated carbocycles. The first-order valence-electron chi connectivity index (χ1n) is 12.2. The van der Waals surface area contributed by atoms with Gasteiger partial charge in [0.05, 0.1) is 16.9 Å². The minimum atomic E-state index is -0.507. The molecule has 5 rings (SSSR count). The van der Waals surface area contributed by atoms with Crippen molar-refractivity contribution in [3.8, 4) is 0 Å². The summed E-state index contributed by atoms with van der Waals surface area (Å²) in [4.78, 5) is 12.6. The van der Waals surface area contributed by atoms with Crippen LogP contribution in [-0.4, -0.2) is 36.3 Å². The molecule has 4 aliphatic rings. The number of hydrogen-bond acceptors (Lipinski definition) is 6. The average Bonchev–Trinajstić information content (AvgIpc) is 3.42. The highest BCUT2D eigenvalue weighted by atomic mass is 32.2. The molecule has 3 heterocycles. The van der Waals surface area contributed by atoms with E-state index in [1.807, 2.05) is 31.7 Å². The second kappa shape index (κ2) is 8.54. The van der Waals surface area contributed by atoms with Gasteiger partial charge in [-0.05, 0) is 80.7 Å². The minimum Gasteiger partial charge on any atom is -0.458 e. The van der Waals surface area contributed by atoms with Crippen molar-refractivity contribution in [1.29, 1.82) is 0 Å². The number of fused-ring (bicyclic) bond motifs is 3. The van der Waals surface area contributed by atoms with Gasteiger partial charge in [0.15, 0.2) is 5.79 Å². The van der Waals surface area contributed by atoms with Gasteiger partial charge in [-0.1, -0.05) is 32.1 Å². The number of rotatable bonds is 5. The van der Waals surface area contributed by atoms with E-state index in [2.05, 4.69) is 37.9 Å². The van der Waals surface area contributed by atoms with Crippen LogP contribution in [0.2, 0.25) is 0 Å². The van der Waals surface area contributed by atoms with Crippen LogP contribution in [0.1, 0.15) is 59.8 Å². The summed E-state index contributed by atoms with van der Waals surface area (Å²) in [6, 6.07) is 4.23. The summed E-state index contributed by atoms with van der Waals surface area (Å²) in [5, 5.41) is 2.18. The van der Waals surface area contributed by atoms with Crippen LogP contribution in [-0.2, 0) is 19.0 Å². The monoisotopic (exact) mass is 488 g/mol. The van der Waals surface area contributed by atoms with Crippen LogP contribution >= 0.6 is 23.1 Å². The highest BCUT2D eigenvalue weighted by Gasteiger charge is 2.61. The van der Waals surface area contributed by atoms with Crippen LogP contribution < -0.4 is 0 Å². The zero-order valence-electron chi connectivity index (χ0n) is 20.2. The first-order chi connectivity index (χ1) is 15.6. The van der Waals surface area contributed by atoms with Crippen molar-refractivity contribution in [2.45, 2.75) is 81.1 Å². The highest BCUT2D eigenvalue weighted by molar-refractivity contribution is 8.01. The second-order valence-electron chi connectivity index (χ2n) is 11.2. The number of carbonyl (C=O) groups excluding carboxylic acids is 1. The van der Waals surface area contributed by atoms with E-state index < -0.39 is 5.79 Å². The predicted molar refractivity (Wildman–Crippen MR) is 133 cm³/mol. The maximum atomic E-state index is 12.6. The van der Waals surface area contributed by atoms with E-state index in [9.17, 15) is 4.79 Å². The molecule has 1 aromatic rings. The lowest BCUT2D eigenvalue weighted by Crippen LogP contribution is -2.63. The Morgan fingerprint density at radius 2 is 2.06 bits per heavy atom. The van der Waals surface area contributed by atoms with E-state index in [-0.39, 0.29) is 28.2 Å². The molecule has 1 saturated heterocycles. The third kappa shape index (κ3) is 4.15. The van der Waals surface area contributed by atoms with E-state index in [1.165, 1.54) is 9.78 Å². The zero-order valence-corrected chi connectivity index (χ0v) is 21.9. The summed E-state index contributed by atoms with van der Waals surface area (Å²) in [5.74, 6) is 0.204. The van der Waals surface area contributed by atoms with E-state index >= 15 is 0 Å². The molecule has 0 amide bonds. The van der Waals surface area contributed by atoms with Gasteiger partial charge in [0.25, 0.3) is 0 Å². The van der Waals surface area contributed by atoms with Crippen molar-refractivity contribution in [3.05, 3.63) is 41.3 Å². The fourth-order valence-corrected chi connectivity index (χ4v) is 9.29. The highest BCUT2D eigenvalue weighted by Crippen LogP contribution is 2.64. The fraction of sp³-hybridized carbons (Fsp3) is 0.667. The van der Waals surface area contributed by atoms with Crippen molar-refractivity contribution >= 4 is 29.1 Å². The number of ether oxygens (including phenoxy) is 3. The minimum absolute atomic E-state index is 0.00339. The molecule has 0 radical (unpaired) electrons. The van der Waals surface area contributed by atoms with Crippen molar-refractivity contribution in [1.82, 2.24) is 0 Å². The number of thiophene rings is 1. The van der Waals surface area contributed by atoms with Gasteiger partial charge >= 0.3 is 5.97 Å². The molecule has 0 N–H and O–H groups in total. The van der Waals surface area contributed by atoms with E-state index in [0.717, 1.165) is 44.3 Å². The Bertz CT molecular complexity index is 951. The van der Waals surface area contributed by atoms with Gasteiger partial charge in [-0.3, -0.25) is 0 Å². The number of carbonyl (C=O) groups is 1. The first kappa shape index (κ1) is 23.7. The van der Waals surface area contributed by atoms with E-state index in [4.69, 9.17) is 14.2 Å². The first-order valence-corrected chi connectivity index (χ1v) is 14.0. The van der Waals surface area contributed by atoms with Gasteiger partial charge < -0.3 is 14.2 Å². The molecule has 1 aromatic heterocycles. The average molecular weight is 489 g/mol. The van der Waals surface area contributed by atoms with Crippen LogP contribution in [0.15, 0.2) is 45.5 Å². The molecule has 0 aromatic carbocycles. The molecule has 0 unspecified atom stereocenters. The quantitative estimate of drug-likeness (QED) is 0.265. The Hall–Kier alpha value is -1.08. The lowest BCUT2D eigenvalue weighted by atomic mass is 9.46. The normalized spacial score (nSPS) is 38.8. The summed E-state index contributed by atoms with van der Waals surface area (Å²) in [5.41, 5.74) is 2.30. The number of allylic oxidation sites excluding steroid dienone is 1.